The Bertz CT molecular complexity index is 410. The Morgan fingerprint density at radius 3 is 2.53 bits per heavy atom. The third-order valence-electron chi connectivity index (χ3n) is 2.03. The van der Waals surface area contributed by atoms with E-state index in [0.29, 0.717) is 23.7 Å². The first-order chi connectivity index (χ1) is 8.19. The van der Waals surface area contributed by atoms with Crippen LogP contribution < -0.4 is 9.47 Å². The fourth-order valence-corrected chi connectivity index (χ4v) is 1.16. The lowest BCUT2D eigenvalue weighted by atomic mass is 10.3. The number of methoxy groups -OCH3 is 1. The minimum atomic E-state index is -0.387. The van der Waals surface area contributed by atoms with Crippen molar-refractivity contribution < 1.29 is 19.0 Å². The Balaban J connectivity index is 2.71. The SMILES string of the molecule is CCOC(=O)/C(C)=C\Oc1ccccc1OC. The van der Waals surface area contributed by atoms with Crippen molar-refractivity contribution in [3.05, 3.63) is 36.1 Å². The number of para-hydroxylation sites is 2. The summed E-state index contributed by atoms with van der Waals surface area (Å²) in [6, 6.07) is 7.20. The molecule has 0 unspecified atom stereocenters. The molecule has 0 spiro atoms. The lowest BCUT2D eigenvalue weighted by molar-refractivity contribution is -0.138. The first-order valence-corrected chi connectivity index (χ1v) is 5.32. The topological polar surface area (TPSA) is 44.8 Å². The predicted molar refractivity (Wildman–Crippen MR) is 64.0 cm³/mol. The van der Waals surface area contributed by atoms with E-state index in [4.69, 9.17) is 14.2 Å². The summed E-state index contributed by atoms with van der Waals surface area (Å²) >= 11 is 0. The molecule has 92 valence electrons. The number of carbonyl (C=O) groups is 1. The van der Waals surface area contributed by atoms with Gasteiger partial charge in [0.15, 0.2) is 11.5 Å². The molecule has 1 rings (SSSR count). The Morgan fingerprint density at radius 1 is 1.29 bits per heavy atom. The summed E-state index contributed by atoms with van der Waals surface area (Å²) in [5.41, 5.74) is 0.401. The summed E-state index contributed by atoms with van der Waals surface area (Å²) < 4.78 is 15.3. The van der Waals surface area contributed by atoms with Crippen molar-refractivity contribution in [3.63, 3.8) is 0 Å². The Hall–Kier alpha value is -1.97. The second kappa shape index (κ2) is 6.58. The van der Waals surface area contributed by atoms with Gasteiger partial charge in [0.1, 0.15) is 6.26 Å². The molecule has 1 aromatic rings. The van der Waals surface area contributed by atoms with Crippen LogP contribution in [0, 0.1) is 0 Å². The van der Waals surface area contributed by atoms with E-state index in [-0.39, 0.29) is 5.97 Å². The van der Waals surface area contributed by atoms with E-state index in [1.54, 1.807) is 33.1 Å². The maximum Gasteiger partial charge on any atom is 0.336 e. The van der Waals surface area contributed by atoms with Crippen molar-refractivity contribution in [2.45, 2.75) is 13.8 Å². The second-order valence-corrected chi connectivity index (χ2v) is 3.29. The van der Waals surface area contributed by atoms with E-state index in [9.17, 15) is 4.79 Å². The minimum absolute atomic E-state index is 0.346. The van der Waals surface area contributed by atoms with Gasteiger partial charge in [-0.1, -0.05) is 12.1 Å². The van der Waals surface area contributed by atoms with Crippen LogP contribution in [0.2, 0.25) is 0 Å². The third kappa shape index (κ3) is 3.83. The van der Waals surface area contributed by atoms with Crippen LogP contribution in [0.25, 0.3) is 0 Å². The van der Waals surface area contributed by atoms with E-state index in [0.717, 1.165) is 0 Å². The lowest BCUT2D eigenvalue weighted by Gasteiger charge is -2.07. The van der Waals surface area contributed by atoms with Gasteiger partial charge in [-0.2, -0.15) is 0 Å². The number of ether oxygens (including phenoxy) is 3. The lowest BCUT2D eigenvalue weighted by Crippen LogP contribution is -2.06. The number of carbonyl (C=O) groups excluding carboxylic acids is 1. The van der Waals surface area contributed by atoms with Crippen molar-refractivity contribution >= 4 is 5.97 Å². The smallest absolute Gasteiger partial charge is 0.336 e. The number of hydrogen-bond acceptors (Lipinski definition) is 4. The molecular formula is C13H16O4. The molecule has 0 amide bonds. The highest BCUT2D eigenvalue weighted by molar-refractivity contribution is 5.87. The van der Waals surface area contributed by atoms with E-state index in [2.05, 4.69) is 0 Å². The molecule has 0 aromatic heterocycles. The van der Waals surface area contributed by atoms with Crippen LogP contribution in [0.5, 0.6) is 11.5 Å². The van der Waals surface area contributed by atoms with E-state index in [1.165, 1.54) is 6.26 Å². The minimum Gasteiger partial charge on any atom is -0.493 e. The zero-order valence-corrected chi connectivity index (χ0v) is 10.2. The van der Waals surface area contributed by atoms with Crippen molar-refractivity contribution in [2.75, 3.05) is 13.7 Å². The summed E-state index contributed by atoms with van der Waals surface area (Å²) in [7, 11) is 1.56. The fourth-order valence-electron chi connectivity index (χ4n) is 1.16. The molecule has 4 nitrogen and oxygen atoms in total. The number of benzene rings is 1. The molecule has 0 radical (unpaired) electrons. The van der Waals surface area contributed by atoms with Crippen LogP contribution in [-0.4, -0.2) is 19.7 Å². The van der Waals surface area contributed by atoms with Crippen LogP contribution in [0.4, 0.5) is 0 Å². The Labute approximate surface area is 101 Å². The summed E-state index contributed by atoms with van der Waals surface area (Å²) in [6.07, 6.45) is 1.36. The van der Waals surface area contributed by atoms with Gasteiger partial charge in [0.25, 0.3) is 0 Å². The predicted octanol–water partition coefficient (Wildman–Crippen LogP) is 2.54. The molecule has 0 saturated carbocycles. The molecule has 17 heavy (non-hydrogen) atoms. The zero-order valence-electron chi connectivity index (χ0n) is 10.2. The molecule has 0 aliphatic carbocycles. The molecule has 0 atom stereocenters. The normalized spacial score (nSPS) is 10.9. The first kappa shape index (κ1) is 13.1. The summed E-state index contributed by atoms with van der Waals surface area (Å²) in [5.74, 6) is 0.779. The molecule has 4 heteroatoms. The van der Waals surface area contributed by atoms with Gasteiger partial charge in [0.05, 0.1) is 19.3 Å². The standard InChI is InChI=1S/C13H16O4/c1-4-16-13(14)10(2)9-17-12-8-6-5-7-11(12)15-3/h5-9H,4H2,1-3H3/b10-9-. The monoisotopic (exact) mass is 236 g/mol. The maximum absolute atomic E-state index is 11.3. The average molecular weight is 236 g/mol. The highest BCUT2D eigenvalue weighted by Crippen LogP contribution is 2.26. The van der Waals surface area contributed by atoms with Crippen LogP contribution in [-0.2, 0) is 9.53 Å². The average Bonchev–Trinajstić information content (AvgIpc) is 2.36. The van der Waals surface area contributed by atoms with Gasteiger partial charge in [-0.3, -0.25) is 0 Å². The fraction of sp³-hybridized carbons (Fsp3) is 0.308. The summed E-state index contributed by atoms with van der Waals surface area (Å²) in [4.78, 5) is 11.3. The van der Waals surface area contributed by atoms with Crippen molar-refractivity contribution in [1.82, 2.24) is 0 Å². The van der Waals surface area contributed by atoms with Gasteiger partial charge in [0.2, 0.25) is 0 Å². The van der Waals surface area contributed by atoms with Crippen molar-refractivity contribution in [2.24, 2.45) is 0 Å². The number of rotatable bonds is 5. The second-order valence-electron chi connectivity index (χ2n) is 3.29. The number of hydrogen-bond donors (Lipinski definition) is 0. The van der Waals surface area contributed by atoms with E-state index in [1.807, 2.05) is 12.1 Å². The molecule has 0 fully saturated rings. The van der Waals surface area contributed by atoms with Gasteiger partial charge in [0, 0.05) is 0 Å². The van der Waals surface area contributed by atoms with E-state index >= 15 is 0 Å². The third-order valence-corrected chi connectivity index (χ3v) is 2.03. The van der Waals surface area contributed by atoms with Crippen LogP contribution in [0.3, 0.4) is 0 Å². The van der Waals surface area contributed by atoms with Gasteiger partial charge >= 0.3 is 5.97 Å². The van der Waals surface area contributed by atoms with Crippen molar-refractivity contribution in [3.8, 4) is 11.5 Å². The summed E-state index contributed by atoms with van der Waals surface area (Å²) in [5, 5.41) is 0. The van der Waals surface area contributed by atoms with Crippen molar-refractivity contribution in [1.29, 1.82) is 0 Å². The van der Waals surface area contributed by atoms with Crippen LogP contribution >= 0.6 is 0 Å². The zero-order chi connectivity index (χ0) is 12.7. The highest BCUT2D eigenvalue weighted by atomic mass is 16.5. The molecule has 0 aliphatic heterocycles. The first-order valence-electron chi connectivity index (χ1n) is 5.32. The largest absolute Gasteiger partial charge is 0.493 e. The quantitative estimate of drug-likeness (QED) is 0.447. The van der Waals surface area contributed by atoms with Gasteiger partial charge < -0.3 is 14.2 Å². The van der Waals surface area contributed by atoms with Gasteiger partial charge in [-0.15, -0.1) is 0 Å². The molecule has 0 bridgehead atoms. The molecule has 1 aromatic carbocycles. The molecular weight excluding hydrogens is 220 g/mol. The van der Waals surface area contributed by atoms with Crippen LogP contribution in [0.1, 0.15) is 13.8 Å². The molecule has 0 aliphatic rings. The highest BCUT2D eigenvalue weighted by Gasteiger charge is 2.06. The van der Waals surface area contributed by atoms with E-state index < -0.39 is 0 Å². The van der Waals surface area contributed by atoms with Gasteiger partial charge in [-0.25, -0.2) is 4.79 Å². The molecule has 0 N–H and O–H groups in total. The maximum atomic E-state index is 11.3. The number of esters is 1. The van der Waals surface area contributed by atoms with Gasteiger partial charge in [-0.05, 0) is 26.0 Å². The molecule has 0 saturated heterocycles. The Morgan fingerprint density at radius 2 is 1.94 bits per heavy atom. The Kier molecular flexibility index (Phi) is 5.07. The summed E-state index contributed by atoms with van der Waals surface area (Å²) in [6.45, 7) is 3.73. The molecule has 0 heterocycles. The van der Waals surface area contributed by atoms with Crippen LogP contribution in [0.15, 0.2) is 36.1 Å².